The monoisotopic (exact) mass is 602 g/mol. The van der Waals surface area contributed by atoms with Gasteiger partial charge >= 0.3 is 0 Å². The fourth-order valence-electron chi connectivity index (χ4n) is 5.13. The predicted molar refractivity (Wildman–Crippen MR) is 162 cm³/mol. The van der Waals surface area contributed by atoms with Crippen molar-refractivity contribution in [3.05, 3.63) is 83.4 Å². The van der Waals surface area contributed by atoms with Crippen LogP contribution >= 0.6 is 0 Å². The quantitative estimate of drug-likeness (QED) is 0.258. The minimum atomic E-state index is -2.57. The van der Waals surface area contributed by atoms with Gasteiger partial charge in [-0.25, -0.2) is 13.8 Å². The maximum absolute atomic E-state index is 13.4. The van der Waals surface area contributed by atoms with Crippen LogP contribution in [0.1, 0.15) is 39.1 Å². The van der Waals surface area contributed by atoms with Gasteiger partial charge in [0.1, 0.15) is 19.8 Å². The van der Waals surface area contributed by atoms with E-state index in [1.165, 1.54) is 0 Å². The molecule has 2 N–H and O–H groups in total. The first-order valence-corrected chi connectivity index (χ1v) is 14.5. The second kappa shape index (κ2) is 12.5. The summed E-state index contributed by atoms with van der Waals surface area (Å²) in [6.07, 6.45) is -0.248. The largest absolute Gasteiger partial charge is 0.486 e. The first-order valence-electron chi connectivity index (χ1n) is 14.5. The first kappa shape index (κ1) is 29.3. The number of pyridine rings is 1. The Morgan fingerprint density at radius 3 is 2.43 bits per heavy atom. The Kier molecular flexibility index (Phi) is 8.30. The fourth-order valence-corrected chi connectivity index (χ4v) is 5.13. The summed E-state index contributed by atoms with van der Waals surface area (Å²) in [5, 5.41) is 6.57. The third kappa shape index (κ3) is 6.89. The van der Waals surface area contributed by atoms with Crippen molar-refractivity contribution in [3.8, 4) is 17.4 Å². The standard InChI is InChI=1S/C33H32F2N4O5/c1-21-2-6-25(36-31(40)24-4-8-28-29(19-24)43-17-16-42-28)20-27(21)38-32(41)23-3-7-26-22(18-23)5-9-30(37-26)44-15-14-39-12-10-33(34,35)11-13-39/h2-9,18-20H,10-17H2,1H3,(H,36,40)(H,38,41). The van der Waals surface area contributed by atoms with Gasteiger partial charge in [-0.1, -0.05) is 6.07 Å². The Bertz CT molecular complexity index is 1700. The molecule has 2 aliphatic heterocycles. The van der Waals surface area contributed by atoms with Gasteiger partial charge < -0.3 is 24.8 Å². The molecule has 0 unspecified atom stereocenters. The van der Waals surface area contributed by atoms with Crippen LogP contribution in [0.3, 0.4) is 0 Å². The molecule has 3 aromatic carbocycles. The molecule has 4 aromatic rings. The SMILES string of the molecule is Cc1ccc(NC(=O)c2ccc3c(c2)OCCO3)cc1NC(=O)c1ccc2nc(OCCN3CCC(F)(F)CC3)ccc2c1. The van der Waals surface area contributed by atoms with Gasteiger partial charge in [0.05, 0.1) is 5.52 Å². The molecule has 11 heteroatoms. The van der Waals surface area contributed by atoms with Crippen LogP contribution in [-0.4, -0.2) is 67.1 Å². The molecule has 1 saturated heterocycles. The molecule has 9 nitrogen and oxygen atoms in total. The second-order valence-electron chi connectivity index (χ2n) is 10.9. The Balaban J connectivity index is 1.07. The molecule has 2 amide bonds. The smallest absolute Gasteiger partial charge is 0.255 e. The molecule has 0 radical (unpaired) electrons. The van der Waals surface area contributed by atoms with E-state index < -0.39 is 5.92 Å². The van der Waals surface area contributed by atoms with Crippen LogP contribution in [0.15, 0.2) is 66.7 Å². The maximum atomic E-state index is 13.4. The number of benzene rings is 3. The Morgan fingerprint density at radius 2 is 1.61 bits per heavy atom. The highest BCUT2D eigenvalue weighted by Gasteiger charge is 2.33. The van der Waals surface area contributed by atoms with E-state index in [1.807, 2.05) is 24.0 Å². The van der Waals surface area contributed by atoms with Crippen LogP contribution in [0.5, 0.6) is 17.4 Å². The summed E-state index contributed by atoms with van der Waals surface area (Å²) in [4.78, 5) is 32.6. The molecule has 0 saturated carbocycles. The Morgan fingerprint density at radius 1 is 0.886 bits per heavy atom. The second-order valence-corrected chi connectivity index (χ2v) is 10.9. The highest BCUT2D eigenvalue weighted by Crippen LogP contribution is 2.31. The molecule has 44 heavy (non-hydrogen) atoms. The van der Waals surface area contributed by atoms with Crippen molar-refractivity contribution in [2.75, 3.05) is 50.1 Å². The third-order valence-corrected chi connectivity index (χ3v) is 7.72. The van der Waals surface area contributed by atoms with Crippen molar-refractivity contribution in [1.29, 1.82) is 0 Å². The topological polar surface area (TPSA) is 102 Å². The summed E-state index contributed by atoms with van der Waals surface area (Å²) in [6.45, 7) is 4.37. The number of likely N-dealkylation sites (tertiary alicyclic amines) is 1. The zero-order chi connectivity index (χ0) is 30.7. The summed E-state index contributed by atoms with van der Waals surface area (Å²) in [5.41, 5.74) is 3.46. The van der Waals surface area contributed by atoms with Crippen molar-refractivity contribution in [3.63, 3.8) is 0 Å². The zero-order valence-corrected chi connectivity index (χ0v) is 24.2. The van der Waals surface area contributed by atoms with Gasteiger partial charge in [-0.3, -0.25) is 14.5 Å². The van der Waals surface area contributed by atoms with E-state index in [4.69, 9.17) is 14.2 Å². The molecule has 0 aliphatic carbocycles. The summed E-state index contributed by atoms with van der Waals surface area (Å²) >= 11 is 0. The number of amides is 2. The van der Waals surface area contributed by atoms with E-state index in [1.54, 1.807) is 54.6 Å². The van der Waals surface area contributed by atoms with Crippen molar-refractivity contribution in [2.24, 2.45) is 0 Å². The van der Waals surface area contributed by atoms with Crippen LogP contribution in [0, 0.1) is 6.92 Å². The number of halogens is 2. The number of alkyl halides is 2. The van der Waals surface area contributed by atoms with E-state index in [0.717, 1.165) is 10.9 Å². The number of rotatable bonds is 8. The molecule has 0 bridgehead atoms. The number of aromatic nitrogens is 1. The van der Waals surface area contributed by atoms with Gasteiger partial charge in [-0.05, 0) is 67.1 Å². The van der Waals surface area contributed by atoms with Gasteiger partial charge in [0.2, 0.25) is 5.88 Å². The van der Waals surface area contributed by atoms with Crippen LogP contribution in [0.25, 0.3) is 10.9 Å². The van der Waals surface area contributed by atoms with Crippen molar-refractivity contribution >= 4 is 34.1 Å². The maximum Gasteiger partial charge on any atom is 0.255 e. The Labute approximate surface area is 253 Å². The van der Waals surface area contributed by atoms with Gasteiger partial charge in [0.15, 0.2) is 11.5 Å². The lowest BCUT2D eigenvalue weighted by Gasteiger charge is -2.31. The average molecular weight is 603 g/mol. The number of hydrogen-bond acceptors (Lipinski definition) is 7. The van der Waals surface area contributed by atoms with Gasteiger partial charge in [-0.15, -0.1) is 0 Å². The van der Waals surface area contributed by atoms with Gasteiger partial charge in [-0.2, -0.15) is 0 Å². The predicted octanol–water partition coefficient (Wildman–Crippen LogP) is 5.93. The summed E-state index contributed by atoms with van der Waals surface area (Å²) < 4.78 is 43.6. The van der Waals surface area contributed by atoms with E-state index in [-0.39, 0.29) is 24.7 Å². The van der Waals surface area contributed by atoms with Crippen LogP contribution in [0.2, 0.25) is 0 Å². The van der Waals surface area contributed by atoms with E-state index in [0.29, 0.717) is 84.9 Å². The van der Waals surface area contributed by atoms with Gasteiger partial charge in [0.25, 0.3) is 17.7 Å². The number of nitrogens with one attached hydrogen (secondary N) is 2. The van der Waals surface area contributed by atoms with Crippen molar-refractivity contribution in [2.45, 2.75) is 25.7 Å². The number of piperidine rings is 1. The lowest BCUT2D eigenvalue weighted by atomic mass is 10.1. The number of nitrogens with zero attached hydrogens (tertiary/aromatic N) is 2. The number of carbonyl (C=O) groups is 2. The van der Waals surface area contributed by atoms with Crippen molar-refractivity contribution in [1.82, 2.24) is 9.88 Å². The number of ether oxygens (including phenoxy) is 3. The molecule has 0 spiro atoms. The average Bonchev–Trinajstić information content (AvgIpc) is 3.03. The number of anilines is 2. The molecule has 2 aliphatic rings. The normalized spacial score (nSPS) is 15.9. The first-order chi connectivity index (χ1) is 21.2. The number of aryl methyl sites for hydroxylation is 1. The summed E-state index contributed by atoms with van der Waals surface area (Å²) in [7, 11) is 0. The summed E-state index contributed by atoms with van der Waals surface area (Å²) in [5.74, 6) is -1.62. The molecule has 1 aromatic heterocycles. The summed E-state index contributed by atoms with van der Waals surface area (Å²) in [6, 6.07) is 19.1. The van der Waals surface area contributed by atoms with E-state index in [9.17, 15) is 18.4 Å². The highest BCUT2D eigenvalue weighted by molar-refractivity contribution is 6.08. The van der Waals surface area contributed by atoms with E-state index in [2.05, 4.69) is 15.6 Å². The molecule has 1 fully saturated rings. The molecule has 228 valence electrons. The van der Waals surface area contributed by atoms with Crippen LogP contribution in [-0.2, 0) is 0 Å². The number of carbonyl (C=O) groups excluding carboxylic acids is 2. The van der Waals surface area contributed by atoms with Crippen LogP contribution in [0.4, 0.5) is 20.2 Å². The molecule has 3 heterocycles. The lowest BCUT2D eigenvalue weighted by Crippen LogP contribution is -2.41. The van der Waals surface area contributed by atoms with Crippen molar-refractivity contribution < 1.29 is 32.6 Å². The molecule has 0 atom stereocenters. The van der Waals surface area contributed by atoms with Gasteiger partial charge in [0, 0.05) is 66.4 Å². The molecule has 6 rings (SSSR count). The highest BCUT2D eigenvalue weighted by atomic mass is 19.3. The zero-order valence-electron chi connectivity index (χ0n) is 24.2. The van der Waals surface area contributed by atoms with E-state index >= 15 is 0 Å². The van der Waals surface area contributed by atoms with Crippen LogP contribution < -0.4 is 24.8 Å². The minimum absolute atomic E-state index is 0.124. The third-order valence-electron chi connectivity index (χ3n) is 7.72. The fraction of sp³-hybridized carbons (Fsp3) is 0.303. The minimum Gasteiger partial charge on any atom is -0.486 e. The lowest BCUT2D eigenvalue weighted by molar-refractivity contribution is -0.0565. The molecular formula is C33H32F2N4O5. The number of fused-ring (bicyclic) bond motifs is 2. The Hall–Kier alpha value is -4.77. The number of hydrogen-bond donors (Lipinski definition) is 2. The molecular weight excluding hydrogens is 570 g/mol.